The van der Waals surface area contributed by atoms with Crippen LogP contribution in [-0.4, -0.2) is 43.7 Å². The molecule has 0 spiro atoms. The lowest BCUT2D eigenvalue weighted by Crippen LogP contribution is -2.46. The van der Waals surface area contributed by atoms with E-state index < -0.39 is 16.1 Å². The molecule has 0 radical (unpaired) electrons. The van der Waals surface area contributed by atoms with Crippen LogP contribution >= 0.6 is 11.3 Å². The largest absolute Gasteiger partial charge is 0.339 e. The molecule has 0 aliphatic carbocycles. The van der Waals surface area contributed by atoms with Crippen molar-refractivity contribution in [2.24, 2.45) is 5.92 Å². The van der Waals surface area contributed by atoms with E-state index in [1.54, 1.807) is 31.4 Å². The Morgan fingerprint density at radius 3 is 2.14 bits per heavy atom. The van der Waals surface area contributed by atoms with Crippen LogP contribution in [0.5, 0.6) is 0 Å². The van der Waals surface area contributed by atoms with E-state index in [-0.39, 0.29) is 28.7 Å². The summed E-state index contributed by atoms with van der Waals surface area (Å²) in [4.78, 5) is 25.7. The van der Waals surface area contributed by atoms with Crippen molar-refractivity contribution in [1.29, 1.82) is 0 Å². The fourth-order valence-corrected chi connectivity index (χ4v) is 4.52. The van der Waals surface area contributed by atoms with Crippen molar-refractivity contribution in [2.75, 3.05) is 12.4 Å². The van der Waals surface area contributed by atoms with Crippen LogP contribution in [-0.2, 0) is 14.8 Å². The number of nitrogens with one attached hydrogen (secondary N) is 2. The number of thiophene rings is 1. The lowest BCUT2D eigenvalue weighted by atomic mass is 10.0. The van der Waals surface area contributed by atoms with Crippen LogP contribution in [0.15, 0.2) is 46.7 Å². The Bertz CT molecular complexity index is 937. The predicted molar refractivity (Wildman–Crippen MR) is 116 cm³/mol. The average Bonchev–Trinajstić information content (AvgIpc) is 3.20. The second kappa shape index (κ2) is 9.51. The average molecular weight is 438 g/mol. The smallest absolute Gasteiger partial charge is 0.262 e. The van der Waals surface area contributed by atoms with E-state index in [4.69, 9.17) is 0 Å². The number of hydrogen-bond acceptors (Lipinski definition) is 5. The van der Waals surface area contributed by atoms with Gasteiger partial charge in [-0.1, -0.05) is 19.9 Å². The van der Waals surface area contributed by atoms with Crippen LogP contribution in [0.1, 0.15) is 37.4 Å². The summed E-state index contributed by atoms with van der Waals surface area (Å²) in [6, 6.07) is 8.57. The van der Waals surface area contributed by atoms with Crippen molar-refractivity contribution in [3.05, 3.63) is 46.7 Å². The Kier molecular flexibility index (Phi) is 7.56. The molecule has 0 aliphatic rings. The molecule has 0 bridgehead atoms. The summed E-state index contributed by atoms with van der Waals surface area (Å²) in [7, 11) is -2.06. The predicted octanol–water partition coefficient (Wildman–Crippen LogP) is 3.17. The monoisotopic (exact) mass is 437 g/mol. The molecule has 1 aromatic carbocycles. The van der Waals surface area contributed by atoms with Gasteiger partial charge in [0.25, 0.3) is 5.91 Å². The highest BCUT2D eigenvalue weighted by Crippen LogP contribution is 2.19. The third-order valence-corrected chi connectivity index (χ3v) is 7.42. The number of rotatable bonds is 8. The first-order valence-corrected chi connectivity index (χ1v) is 11.6. The first kappa shape index (κ1) is 23.1. The van der Waals surface area contributed by atoms with E-state index in [9.17, 15) is 18.0 Å². The molecule has 2 N–H and O–H groups in total. The van der Waals surface area contributed by atoms with E-state index in [1.165, 1.54) is 47.0 Å². The minimum absolute atomic E-state index is 0.127. The van der Waals surface area contributed by atoms with Gasteiger partial charge in [-0.05, 0) is 55.5 Å². The quantitative estimate of drug-likeness (QED) is 0.663. The Morgan fingerprint density at radius 1 is 1.03 bits per heavy atom. The maximum Gasteiger partial charge on any atom is 0.262 e. The Labute approximate surface area is 176 Å². The van der Waals surface area contributed by atoms with Crippen molar-refractivity contribution in [2.45, 2.75) is 44.7 Å². The highest BCUT2D eigenvalue weighted by atomic mass is 32.2. The molecule has 1 atom stereocenters. The Balaban J connectivity index is 2.11. The van der Waals surface area contributed by atoms with Crippen LogP contribution in [0.4, 0.5) is 5.69 Å². The topological polar surface area (TPSA) is 95.6 Å². The normalized spacial score (nSPS) is 13.0. The summed E-state index contributed by atoms with van der Waals surface area (Å²) in [6.45, 7) is 7.28. The molecule has 1 aromatic heterocycles. The lowest BCUT2D eigenvalue weighted by molar-refractivity contribution is -0.118. The standard InChI is InChI=1S/C20H27N3O4S2/c1-13(2)18(22-19(24)17-7-6-12-28-17)20(25)21-15-8-10-16(11-9-15)29(26,27)23(5)14(3)4/h6-14,18H,1-5H3,(H,21,25)(H,22,24)/t18-/m0/s1. The van der Waals surface area contributed by atoms with Gasteiger partial charge in [0.1, 0.15) is 6.04 Å². The fraction of sp³-hybridized carbons (Fsp3) is 0.400. The van der Waals surface area contributed by atoms with Crippen LogP contribution in [0.25, 0.3) is 0 Å². The molecule has 0 saturated heterocycles. The molecule has 1 heterocycles. The van der Waals surface area contributed by atoms with E-state index in [0.29, 0.717) is 10.6 Å². The molecular weight excluding hydrogens is 410 g/mol. The number of nitrogens with zero attached hydrogens (tertiary/aromatic N) is 1. The number of benzene rings is 1. The summed E-state index contributed by atoms with van der Waals surface area (Å²) in [5.74, 6) is -0.787. The van der Waals surface area contributed by atoms with Crippen LogP contribution in [0, 0.1) is 5.92 Å². The zero-order valence-corrected chi connectivity index (χ0v) is 18.8. The minimum atomic E-state index is -3.59. The van der Waals surface area contributed by atoms with Gasteiger partial charge in [0.2, 0.25) is 15.9 Å². The third-order valence-electron chi connectivity index (χ3n) is 4.51. The van der Waals surface area contributed by atoms with Gasteiger partial charge in [0.05, 0.1) is 9.77 Å². The fourth-order valence-electron chi connectivity index (χ4n) is 2.53. The summed E-state index contributed by atoms with van der Waals surface area (Å²) in [5.41, 5.74) is 0.456. The van der Waals surface area contributed by atoms with Gasteiger partial charge < -0.3 is 10.6 Å². The minimum Gasteiger partial charge on any atom is -0.339 e. The number of amides is 2. The molecule has 29 heavy (non-hydrogen) atoms. The zero-order chi connectivity index (χ0) is 21.8. The Morgan fingerprint density at radius 2 is 1.66 bits per heavy atom. The molecule has 0 aliphatic heterocycles. The van der Waals surface area contributed by atoms with E-state index in [2.05, 4.69) is 10.6 Å². The van der Waals surface area contributed by atoms with Gasteiger partial charge in [0, 0.05) is 18.8 Å². The SMILES string of the molecule is CC(C)[C@H](NC(=O)c1cccs1)C(=O)Nc1ccc(S(=O)(=O)N(C)C(C)C)cc1. The van der Waals surface area contributed by atoms with Crippen molar-refractivity contribution in [1.82, 2.24) is 9.62 Å². The van der Waals surface area contributed by atoms with E-state index in [0.717, 1.165) is 0 Å². The Hall–Kier alpha value is -2.23. The molecule has 0 fully saturated rings. The van der Waals surface area contributed by atoms with Crippen LogP contribution < -0.4 is 10.6 Å². The zero-order valence-electron chi connectivity index (χ0n) is 17.2. The van der Waals surface area contributed by atoms with E-state index in [1.807, 2.05) is 13.8 Å². The molecule has 2 aromatic rings. The van der Waals surface area contributed by atoms with Gasteiger partial charge in [-0.2, -0.15) is 4.31 Å². The summed E-state index contributed by atoms with van der Waals surface area (Å²) in [6.07, 6.45) is 0. The van der Waals surface area contributed by atoms with Crippen molar-refractivity contribution >= 4 is 38.9 Å². The van der Waals surface area contributed by atoms with Crippen molar-refractivity contribution < 1.29 is 18.0 Å². The van der Waals surface area contributed by atoms with E-state index >= 15 is 0 Å². The molecule has 0 unspecified atom stereocenters. The summed E-state index contributed by atoms with van der Waals surface area (Å²) < 4.78 is 26.3. The molecule has 9 heteroatoms. The third kappa shape index (κ3) is 5.65. The van der Waals surface area contributed by atoms with Crippen LogP contribution in [0.3, 0.4) is 0 Å². The maximum atomic E-state index is 12.7. The van der Waals surface area contributed by atoms with Gasteiger partial charge in [-0.3, -0.25) is 9.59 Å². The molecule has 2 rings (SSSR count). The highest BCUT2D eigenvalue weighted by Gasteiger charge is 2.26. The number of carbonyl (C=O) groups is 2. The molecule has 7 nitrogen and oxygen atoms in total. The number of sulfonamides is 1. The summed E-state index contributed by atoms with van der Waals surface area (Å²) >= 11 is 1.30. The molecule has 2 amide bonds. The molecule has 158 valence electrons. The highest BCUT2D eigenvalue weighted by molar-refractivity contribution is 7.89. The number of carbonyl (C=O) groups excluding carboxylic acids is 2. The van der Waals surface area contributed by atoms with Crippen molar-refractivity contribution in [3.8, 4) is 0 Å². The number of hydrogen-bond donors (Lipinski definition) is 2. The first-order chi connectivity index (χ1) is 13.5. The van der Waals surface area contributed by atoms with Gasteiger partial charge in [0.15, 0.2) is 0 Å². The number of anilines is 1. The molecule has 0 saturated carbocycles. The van der Waals surface area contributed by atoms with Crippen molar-refractivity contribution in [3.63, 3.8) is 0 Å². The summed E-state index contributed by atoms with van der Waals surface area (Å²) in [5, 5.41) is 7.30. The first-order valence-electron chi connectivity index (χ1n) is 9.27. The van der Waals surface area contributed by atoms with Gasteiger partial charge in [-0.15, -0.1) is 11.3 Å². The second-order valence-electron chi connectivity index (χ2n) is 7.30. The maximum absolute atomic E-state index is 12.7. The van der Waals surface area contributed by atoms with Gasteiger partial charge >= 0.3 is 0 Å². The van der Waals surface area contributed by atoms with Gasteiger partial charge in [-0.25, -0.2) is 8.42 Å². The van der Waals surface area contributed by atoms with Crippen LogP contribution in [0.2, 0.25) is 0 Å². The molecular formula is C20H27N3O4S2. The second-order valence-corrected chi connectivity index (χ2v) is 10.2. The lowest BCUT2D eigenvalue weighted by Gasteiger charge is -2.22.